The molecule has 0 amide bonds. The lowest BCUT2D eigenvalue weighted by atomic mass is 9.96. The van der Waals surface area contributed by atoms with Crippen LogP contribution >= 0.6 is 0 Å². The second-order valence-corrected chi connectivity index (χ2v) is 7.89. The number of aromatic nitrogens is 2. The molecule has 4 rings (SSSR count). The van der Waals surface area contributed by atoms with E-state index in [4.69, 9.17) is 15.2 Å². The monoisotopic (exact) mass is 439 g/mol. The number of rotatable bonds is 9. The average Bonchev–Trinajstić information content (AvgIpc) is 2.87. The number of methoxy groups -OCH3 is 1. The molecule has 0 bridgehead atoms. The van der Waals surface area contributed by atoms with Crippen LogP contribution in [0, 0.1) is 0 Å². The average molecular weight is 440 g/mol. The largest absolute Gasteiger partial charge is 0.497 e. The van der Waals surface area contributed by atoms with Crippen molar-refractivity contribution in [2.45, 2.75) is 32.8 Å². The number of nitrogen functional groups attached to an aromatic ring is 1. The predicted octanol–water partition coefficient (Wildman–Crippen LogP) is 6.32. The minimum absolute atomic E-state index is 0.281. The topological polar surface area (TPSA) is 70.3 Å². The Bertz CT molecular complexity index is 1170. The Balaban J connectivity index is 1.60. The molecule has 0 aliphatic carbocycles. The number of nitrogens with two attached hydrogens (primary N) is 1. The Morgan fingerprint density at radius 3 is 1.97 bits per heavy atom. The van der Waals surface area contributed by atoms with E-state index in [0.717, 1.165) is 64.4 Å². The molecule has 1 heterocycles. The van der Waals surface area contributed by atoms with Crippen LogP contribution < -0.4 is 15.2 Å². The molecule has 0 spiro atoms. The number of benzene rings is 3. The summed E-state index contributed by atoms with van der Waals surface area (Å²) in [4.78, 5) is 9.24. The molecule has 1 aromatic heterocycles. The van der Waals surface area contributed by atoms with E-state index in [9.17, 15) is 0 Å². The van der Waals surface area contributed by atoms with E-state index in [1.165, 1.54) is 0 Å². The molecule has 3 aromatic carbocycles. The SMILES string of the molecule is CCCCc1c(-c2ccccc2)nc(N)nc1-c1ccc(OCc2ccc(OC)cc2)cc1. The van der Waals surface area contributed by atoms with E-state index >= 15 is 0 Å². The van der Waals surface area contributed by atoms with Gasteiger partial charge in [-0.15, -0.1) is 0 Å². The van der Waals surface area contributed by atoms with Gasteiger partial charge < -0.3 is 15.2 Å². The van der Waals surface area contributed by atoms with Gasteiger partial charge in [-0.2, -0.15) is 0 Å². The fourth-order valence-electron chi connectivity index (χ4n) is 3.76. The van der Waals surface area contributed by atoms with Crippen LogP contribution in [-0.4, -0.2) is 17.1 Å². The summed E-state index contributed by atoms with van der Waals surface area (Å²) < 4.78 is 11.2. The molecule has 0 radical (unpaired) electrons. The van der Waals surface area contributed by atoms with Crippen molar-refractivity contribution in [3.05, 3.63) is 90.0 Å². The van der Waals surface area contributed by atoms with Crippen LogP contribution in [0.3, 0.4) is 0 Å². The van der Waals surface area contributed by atoms with Gasteiger partial charge in [0.25, 0.3) is 0 Å². The van der Waals surface area contributed by atoms with E-state index in [-0.39, 0.29) is 5.95 Å². The van der Waals surface area contributed by atoms with Crippen LogP contribution in [-0.2, 0) is 13.0 Å². The number of hydrogen-bond acceptors (Lipinski definition) is 5. The van der Waals surface area contributed by atoms with E-state index < -0.39 is 0 Å². The van der Waals surface area contributed by atoms with Gasteiger partial charge in [0.2, 0.25) is 5.95 Å². The van der Waals surface area contributed by atoms with Crippen molar-refractivity contribution in [2.75, 3.05) is 12.8 Å². The number of unbranched alkanes of at least 4 members (excludes halogenated alkanes) is 1. The molecular formula is C28H29N3O2. The first-order chi connectivity index (χ1) is 16.2. The highest BCUT2D eigenvalue weighted by molar-refractivity contribution is 5.75. The zero-order valence-electron chi connectivity index (χ0n) is 19.1. The van der Waals surface area contributed by atoms with Crippen molar-refractivity contribution in [1.82, 2.24) is 9.97 Å². The third kappa shape index (κ3) is 5.50. The quantitative estimate of drug-likeness (QED) is 0.330. The minimum atomic E-state index is 0.281. The lowest BCUT2D eigenvalue weighted by Crippen LogP contribution is -2.05. The smallest absolute Gasteiger partial charge is 0.221 e. The fraction of sp³-hybridized carbons (Fsp3) is 0.214. The molecule has 5 heteroatoms. The Kier molecular flexibility index (Phi) is 7.20. The molecule has 0 saturated carbocycles. The van der Waals surface area contributed by atoms with Gasteiger partial charge >= 0.3 is 0 Å². The zero-order chi connectivity index (χ0) is 23.0. The number of hydrogen-bond donors (Lipinski definition) is 1. The van der Waals surface area contributed by atoms with Crippen LogP contribution in [0.2, 0.25) is 0 Å². The van der Waals surface area contributed by atoms with Gasteiger partial charge in [-0.1, -0.05) is 55.8 Å². The van der Waals surface area contributed by atoms with Crippen LogP contribution in [0.25, 0.3) is 22.5 Å². The molecule has 5 nitrogen and oxygen atoms in total. The zero-order valence-corrected chi connectivity index (χ0v) is 19.1. The summed E-state index contributed by atoms with van der Waals surface area (Å²) in [5, 5.41) is 0. The fourth-order valence-corrected chi connectivity index (χ4v) is 3.76. The molecule has 4 aromatic rings. The van der Waals surface area contributed by atoms with Crippen molar-refractivity contribution in [2.24, 2.45) is 0 Å². The van der Waals surface area contributed by atoms with Crippen molar-refractivity contribution in [1.29, 1.82) is 0 Å². The molecule has 0 unspecified atom stereocenters. The maximum Gasteiger partial charge on any atom is 0.221 e. The molecule has 0 atom stereocenters. The minimum Gasteiger partial charge on any atom is -0.497 e. The lowest BCUT2D eigenvalue weighted by Gasteiger charge is -2.15. The first-order valence-electron chi connectivity index (χ1n) is 11.3. The van der Waals surface area contributed by atoms with Gasteiger partial charge in [-0.3, -0.25) is 0 Å². The number of anilines is 1. The van der Waals surface area contributed by atoms with Crippen molar-refractivity contribution < 1.29 is 9.47 Å². The molecule has 0 saturated heterocycles. The third-order valence-corrected chi connectivity index (χ3v) is 5.54. The maximum absolute atomic E-state index is 6.14. The summed E-state index contributed by atoms with van der Waals surface area (Å²) in [5.41, 5.74) is 12.2. The van der Waals surface area contributed by atoms with Gasteiger partial charge in [-0.25, -0.2) is 9.97 Å². The summed E-state index contributed by atoms with van der Waals surface area (Å²) in [6.45, 7) is 2.68. The van der Waals surface area contributed by atoms with Gasteiger partial charge in [0.05, 0.1) is 18.5 Å². The molecular weight excluding hydrogens is 410 g/mol. The third-order valence-electron chi connectivity index (χ3n) is 5.54. The van der Waals surface area contributed by atoms with Crippen molar-refractivity contribution in [3.8, 4) is 34.0 Å². The lowest BCUT2D eigenvalue weighted by molar-refractivity contribution is 0.306. The van der Waals surface area contributed by atoms with E-state index in [1.807, 2.05) is 66.7 Å². The maximum atomic E-state index is 6.14. The molecule has 0 aliphatic heterocycles. The van der Waals surface area contributed by atoms with Gasteiger partial charge in [0, 0.05) is 16.7 Å². The van der Waals surface area contributed by atoms with Crippen LogP contribution in [0.5, 0.6) is 11.5 Å². The summed E-state index contributed by atoms with van der Waals surface area (Å²) in [5.74, 6) is 1.92. The van der Waals surface area contributed by atoms with E-state index in [1.54, 1.807) is 7.11 Å². The summed E-state index contributed by atoms with van der Waals surface area (Å²) in [6.07, 6.45) is 3.05. The molecule has 0 fully saturated rings. The molecule has 0 aliphatic rings. The van der Waals surface area contributed by atoms with E-state index in [0.29, 0.717) is 6.61 Å². The first kappa shape index (κ1) is 22.3. The second-order valence-electron chi connectivity index (χ2n) is 7.89. The highest BCUT2D eigenvalue weighted by Gasteiger charge is 2.16. The van der Waals surface area contributed by atoms with Crippen LogP contribution in [0.4, 0.5) is 5.95 Å². The van der Waals surface area contributed by atoms with Crippen LogP contribution in [0.1, 0.15) is 30.9 Å². The van der Waals surface area contributed by atoms with Crippen molar-refractivity contribution in [3.63, 3.8) is 0 Å². The Morgan fingerprint density at radius 2 is 1.36 bits per heavy atom. The Morgan fingerprint density at radius 1 is 0.758 bits per heavy atom. The normalized spacial score (nSPS) is 10.7. The van der Waals surface area contributed by atoms with E-state index in [2.05, 4.69) is 29.0 Å². The predicted molar refractivity (Wildman–Crippen MR) is 133 cm³/mol. The number of nitrogens with zero attached hydrogens (tertiary/aromatic N) is 2. The second kappa shape index (κ2) is 10.6. The number of ether oxygens (including phenoxy) is 2. The van der Waals surface area contributed by atoms with Gasteiger partial charge in [0.1, 0.15) is 18.1 Å². The highest BCUT2D eigenvalue weighted by atomic mass is 16.5. The standard InChI is InChI=1S/C28H29N3O2/c1-3-4-10-25-26(21-8-6-5-7-9-21)30-28(29)31-27(25)22-13-17-24(18-14-22)33-19-20-11-15-23(32-2)16-12-20/h5-9,11-18H,3-4,10,19H2,1-2H3,(H2,29,30,31). The molecule has 33 heavy (non-hydrogen) atoms. The summed E-state index contributed by atoms with van der Waals surface area (Å²) in [6, 6.07) is 26.1. The first-order valence-corrected chi connectivity index (χ1v) is 11.3. The van der Waals surface area contributed by atoms with Crippen molar-refractivity contribution >= 4 is 5.95 Å². The van der Waals surface area contributed by atoms with Gasteiger partial charge in [-0.05, 0) is 54.8 Å². The highest BCUT2D eigenvalue weighted by Crippen LogP contribution is 2.32. The molecule has 168 valence electrons. The Hall–Kier alpha value is -3.86. The Labute approximate surface area is 195 Å². The summed E-state index contributed by atoms with van der Waals surface area (Å²) in [7, 11) is 1.66. The summed E-state index contributed by atoms with van der Waals surface area (Å²) >= 11 is 0. The van der Waals surface area contributed by atoms with Gasteiger partial charge in [0.15, 0.2) is 0 Å². The van der Waals surface area contributed by atoms with Crippen LogP contribution in [0.15, 0.2) is 78.9 Å². The molecule has 2 N–H and O–H groups in total.